The highest BCUT2D eigenvalue weighted by molar-refractivity contribution is 5.55. The Labute approximate surface area is 117 Å². The SMILES string of the molecule is CCCCC#CC1=C(/C=C\c2ccccc2)CCC1. The van der Waals surface area contributed by atoms with Crippen molar-refractivity contribution in [3.05, 3.63) is 53.1 Å². The van der Waals surface area contributed by atoms with E-state index in [4.69, 9.17) is 0 Å². The van der Waals surface area contributed by atoms with E-state index >= 15 is 0 Å². The van der Waals surface area contributed by atoms with Gasteiger partial charge in [-0.05, 0) is 36.8 Å². The predicted octanol–water partition coefficient (Wildman–Crippen LogP) is 5.37. The van der Waals surface area contributed by atoms with Crippen molar-refractivity contribution in [2.75, 3.05) is 0 Å². The zero-order valence-electron chi connectivity index (χ0n) is 11.8. The Bertz CT molecular complexity index is 506. The van der Waals surface area contributed by atoms with Crippen LogP contribution in [0.25, 0.3) is 6.08 Å². The first-order chi connectivity index (χ1) is 9.40. The molecule has 19 heavy (non-hydrogen) atoms. The maximum absolute atomic E-state index is 3.38. The van der Waals surface area contributed by atoms with Crippen LogP contribution >= 0.6 is 0 Å². The molecule has 0 saturated heterocycles. The van der Waals surface area contributed by atoms with Crippen molar-refractivity contribution in [1.82, 2.24) is 0 Å². The van der Waals surface area contributed by atoms with Crippen molar-refractivity contribution in [3.63, 3.8) is 0 Å². The molecule has 0 amide bonds. The number of hydrogen-bond acceptors (Lipinski definition) is 0. The van der Waals surface area contributed by atoms with Gasteiger partial charge in [-0.15, -0.1) is 0 Å². The molecule has 0 spiro atoms. The Morgan fingerprint density at radius 3 is 2.74 bits per heavy atom. The lowest BCUT2D eigenvalue weighted by molar-refractivity contribution is 0.828. The summed E-state index contributed by atoms with van der Waals surface area (Å²) in [4.78, 5) is 0. The van der Waals surface area contributed by atoms with Crippen molar-refractivity contribution >= 4 is 6.08 Å². The van der Waals surface area contributed by atoms with Gasteiger partial charge in [0.2, 0.25) is 0 Å². The first-order valence-electron chi connectivity index (χ1n) is 7.34. The van der Waals surface area contributed by atoms with Crippen LogP contribution in [0.15, 0.2) is 47.6 Å². The number of benzene rings is 1. The summed E-state index contributed by atoms with van der Waals surface area (Å²) in [5.41, 5.74) is 4.07. The van der Waals surface area contributed by atoms with E-state index in [1.807, 2.05) is 0 Å². The minimum Gasteiger partial charge on any atom is -0.0982 e. The minimum absolute atomic E-state index is 1.04. The van der Waals surface area contributed by atoms with Gasteiger partial charge in [0, 0.05) is 12.0 Å². The Morgan fingerprint density at radius 1 is 1.11 bits per heavy atom. The van der Waals surface area contributed by atoms with Crippen molar-refractivity contribution in [2.45, 2.75) is 45.4 Å². The Hall–Kier alpha value is -1.74. The molecule has 0 aromatic heterocycles. The van der Waals surface area contributed by atoms with Crippen LogP contribution in [0.4, 0.5) is 0 Å². The molecule has 1 aromatic rings. The average molecular weight is 250 g/mol. The summed E-state index contributed by atoms with van der Waals surface area (Å²) in [5.74, 6) is 6.70. The molecule has 0 heteroatoms. The second kappa shape index (κ2) is 7.64. The number of unbranched alkanes of at least 4 members (excludes halogenated alkanes) is 2. The molecule has 0 radical (unpaired) electrons. The van der Waals surface area contributed by atoms with Crippen LogP contribution in [0.2, 0.25) is 0 Å². The quantitative estimate of drug-likeness (QED) is 0.497. The second-order valence-electron chi connectivity index (χ2n) is 5.01. The largest absolute Gasteiger partial charge is 0.0982 e. The van der Waals surface area contributed by atoms with Gasteiger partial charge in [-0.1, -0.05) is 67.7 Å². The van der Waals surface area contributed by atoms with Crippen LogP contribution in [-0.2, 0) is 0 Å². The molecule has 0 heterocycles. The van der Waals surface area contributed by atoms with Gasteiger partial charge < -0.3 is 0 Å². The van der Waals surface area contributed by atoms with Crippen LogP contribution in [0.1, 0.15) is 51.0 Å². The van der Waals surface area contributed by atoms with Gasteiger partial charge in [0.15, 0.2) is 0 Å². The maximum Gasteiger partial charge on any atom is 0.00922 e. The van der Waals surface area contributed by atoms with Crippen LogP contribution in [0, 0.1) is 11.8 Å². The van der Waals surface area contributed by atoms with E-state index in [1.165, 1.54) is 42.4 Å². The standard InChI is InChI=1S/C19H22/c1-2-3-4-8-12-18-13-9-14-19(18)16-15-17-10-6-5-7-11-17/h5-7,10-11,15-16H,2-4,9,13-14H2,1H3/b16-15-. The molecule has 0 saturated carbocycles. The molecule has 0 aliphatic heterocycles. The minimum atomic E-state index is 1.04. The zero-order valence-corrected chi connectivity index (χ0v) is 11.8. The maximum atomic E-state index is 3.38. The van der Waals surface area contributed by atoms with E-state index in [-0.39, 0.29) is 0 Å². The summed E-state index contributed by atoms with van der Waals surface area (Å²) >= 11 is 0. The van der Waals surface area contributed by atoms with Gasteiger partial charge in [-0.3, -0.25) is 0 Å². The van der Waals surface area contributed by atoms with Gasteiger partial charge in [0.1, 0.15) is 0 Å². The Kier molecular flexibility index (Phi) is 5.50. The first kappa shape index (κ1) is 13.7. The fourth-order valence-electron chi connectivity index (χ4n) is 2.29. The highest BCUT2D eigenvalue weighted by atomic mass is 14.1. The van der Waals surface area contributed by atoms with Gasteiger partial charge >= 0.3 is 0 Å². The van der Waals surface area contributed by atoms with Crippen LogP contribution in [0.3, 0.4) is 0 Å². The van der Waals surface area contributed by atoms with E-state index in [0.29, 0.717) is 0 Å². The van der Waals surface area contributed by atoms with Gasteiger partial charge in [-0.2, -0.15) is 0 Å². The monoisotopic (exact) mass is 250 g/mol. The van der Waals surface area contributed by atoms with E-state index in [0.717, 1.165) is 12.8 Å². The third kappa shape index (κ3) is 4.45. The first-order valence-corrected chi connectivity index (χ1v) is 7.34. The van der Waals surface area contributed by atoms with Gasteiger partial charge in [-0.25, -0.2) is 0 Å². The molecule has 0 fully saturated rings. The summed E-state index contributed by atoms with van der Waals surface area (Å²) in [6.45, 7) is 2.21. The van der Waals surface area contributed by atoms with Crippen LogP contribution < -0.4 is 0 Å². The average Bonchev–Trinajstić information content (AvgIpc) is 2.90. The second-order valence-corrected chi connectivity index (χ2v) is 5.01. The molecule has 0 nitrogen and oxygen atoms in total. The predicted molar refractivity (Wildman–Crippen MR) is 83.7 cm³/mol. The molecule has 0 N–H and O–H groups in total. The van der Waals surface area contributed by atoms with Crippen molar-refractivity contribution in [1.29, 1.82) is 0 Å². The molecular formula is C19H22. The molecule has 0 bridgehead atoms. The van der Waals surface area contributed by atoms with Crippen molar-refractivity contribution < 1.29 is 0 Å². The highest BCUT2D eigenvalue weighted by Gasteiger charge is 2.09. The smallest absolute Gasteiger partial charge is 0.00922 e. The fourth-order valence-corrected chi connectivity index (χ4v) is 2.29. The highest BCUT2D eigenvalue weighted by Crippen LogP contribution is 2.27. The van der Waals surface area contributed by atoms with Crippen molar-refractivity contribution in [3.8, 4) is 11.8 Å². The lowest BCUT2D eigenvalue weighted by Gasteiger charge is -1.96. The summed E-state index contributed by atoms with van der Waals surface area (Å²) in [6, 6.07) is 10.5. The third-order valence-corrected chi connectivity index (χ3v) is 3.43. The molecular weight excluding hydrogens is 228 g/mol. The lowest BCUT2D eigenvalue weighted by atomic mass is 10.1. The third-order valence-electron chi connectivity index (χ3n) is 3.43. The summed E-state index contributed by atoms with van der Waals surface area (Å²) < 4.78 is 0. The topological polar surface area (TPSA) is 0 Å². The van der Waals surface area contributed by atoms with E-state index < -0.39 is 0 Å². The molecule has 1 aromatic carbocycles. The number of rotatable bonds is 4. The molecule has 2 rings (SSSR count). The number of allylic oxidation sites excluding steroid dienone is 3. The van der Waals surface area contributed by atoms with Gasteiger partial charge in [0.05, 0.1) is 0 Å². The van der Waals surface area contributed by atoms with Crippen LogP contribution in [-0.4, -0.2) is 0 Å². The molecule has 1 aliphatic carbocycles. The molecule has 0 atom stereocenters. The zero-order chi connectivity index (χ0) is 13.3. The normalized spacial score (nSPS) is 14.8. The molecule has 1 aliphatic rings. The Balaban J connectivity index is 2.04. The lowest BCUT2D eigenvalue weighted by Crippen LogP contribution is -1.78. The van der Waals surface area contributed by atoms with E-state index in [1.54, 1.807) is 0 Å². The summed E-state index contributed by atoms with van der Waals surface area (Å²) in [5, 5.41) is 0. The summed E-state index contributed by atoms with van der Waals surface area (Å²) in [6.07, 6.45) is 11.5. The number of hydrogen-bond donors (Lipinski definition) is 0. The van der Waals surface area contributed by atoms with Gasteiger partial charge in [0.25, 0.3) is 0 Å². The molecule has 0 unspecified atom stereocenters. The van der Waals surface area contributed by atoms with E-state index in [9.17, 15) is 0 Å². The fraction of sp³-hybridized carbons (Fsp3) is 0.368. The molecule has 98 valence electrons. The van der Waals surface area contributed by atoms with Crippen LogP contribution in [0.5, 0.6) is 0 Å². The Morgan fingerprint density at radius 2 is 1.95 bits per heavy atom. The summed E-state index contributed by atoms with van der Waals surface area (Å²) in [7, 11) is 0. The van der Waals surface area contributed by atoms with Crippen molar-refractivity contribution in [2.24, 2.45) is 0 Å². The van der Waals surface area contributed by atoms with E-state index in [2.05, 4.69) is 61.2 Å².